The van der Waals surface area contributed by atoms with Crippen molar-refractivity contribution in [3.05, 3.63) is 29.8 Å². The molecule has 1 atom stereocenters. The van der Waals surface area contributed by atoms with Crippen LogP contribution in [0, 0.1) is 5.92 Å². The molecule has 0 unspecified atom stereocenters. The summed E-state index contributed by atoms with van der Waals surface area (Å²) in [5, 5.41) is 3.31. The van der Waals surface area contributed by atoms with Gasteiger partial charge in [0.2, 0.25) is 0 Å². The van der Waals surface area contributed by atoms with Crippen LogP contribution >= 0.6 is 0 Å². The van der Waals surface area contributed by atoms with E-state index in [1.54, 1.807) is 43.0 Å². The number of nitrogens with one attached hydrogen (secondary N) is 2. The van der Waals surface area contributed by atoms with Gasteiger partial charge >= 0.3 is 12.0 Å². The molecule has 168 valence electrons. The van der Waals surface area contributed by atoms with Gasteiger partial charge in [-0.1, -0.05) is 12.1 Å². The molecule has 0 spiro atoms. The van der Waals surface area contributed by atoms with Gasteiger partial charge in [-0.05, 0) is 50.3 Å². The first-order valence-corrected chi connectivity index (χ1v) is 10.3. The molecule has 1 aromatic carbocycles. The number of hydrogen-bond acceptors (Lipinski definition) is 7. The van der Waals surface area contributed by atoms with Crippen molar-refractivity contribution < 1.29 is 28.7 Å². The number of nitrogens with zero attached hydrogens (tertiary/aromatic N) is 2. The van der Waals surface area contributed by atoms with Gasteiger partial charge in [-0.3, -0.25) is 24.7 Å². The Morgan fingerprint density at radius 2 is 1.90 bits per heavy atom. The Kier molecular flexibility index (Phi) is 6.79. The Labute approximate surface area is 180 Å². The first-order chi connectivity index (χ1) is 14.8. The largest absolute Gasteiger partial charge is 0.497 e. The Balaban J connectivity index is 1.64. The molecular formula is C21H28N4O6. The second-order valence-electron chi connectivity index (χ2n) is 7.88. The van der Waals surface area contributed by atoms with E-state index < -0.39 is 29.4 Å². The van der Waals surface area contributed by atoms with Crippen molar-refractivity contribution in [2.24, 2.45) is 5.92 Å². The molecule has 2 N–H and O–H groups in total. The molecule has 1 heterocycles. The normalized spacial score (nSPS) is 20.6. The van der Waals surface area contributed by atoms with Crippen molar-refractivity contribution in [2.75, 3.05) is 33.4 Å². The van der Waals surface area contributed by atoms with E-state index in [9.17, 15) is 19.2 Å². The van der Waals surface area contributed by atoms with Gasteiger partial charge < -0.3 is 14.8 Å². The zero-order valence-electron chi connectivity index (χ0n) is 18.0. The number of amides is 4. The molecule has 10 heteroatoms. The summed E-state index contributed by atoms with van der Waals surface area (Å²) in [6.07, 6.45) is 2.10. The smallest absolute Gasteiger partial charge is 0.344 e. The molecule has 31 heavy (non-hydrogen) atoms. The molecule has 0 bridgehead atoms. The fourth-order valence-electron chi connectivity index (χ4n) is 3.46. The number of urea groups is 1. The average molecular weight is 432 g/mol. The monoisotopic (exact) mass is 432 g/mol. The summed E-state index contributed by atoms with van der Waals surface area (Å²) in [6, 6.07) is 6.01. The number of methoxy groups -OCH3 is 1. The summed E-state index contributed by atoms with van der Waals surface area (Å²) in [7, 11) is 1.53. The van der Waals surface area contributed by atoms with E-state index in [0.29, 0.717) is 28.8 Å². The van der Waals surface area contributed by atoms with Crippen molar-refractivity contribution in [1.29, 1.82) is 0 Å². The van der Waals surface area contributed by atoms with Gasteiger partial charge in [-0.2, -0.15) is 5.01 Å². The molecule has 1 aliphatic carbocycles. The predicted octanol–water partition coefficient (Wildman–Crippen LogP) is 0.769. The predicted molar refractivity (Wildman–Crippen MR) is 110 cm³/mol. The molecule has 4 amide bonds. The highest BCUT2D eigenvalue weighted by Crippen LogP contribution is 2.30. The van der Waals surface area contributed by atoms with E-state index in [1.807, 2.05) is 0 Å². The van der Waals surface area contributed by atoms with Gasteiger partial charge in [-0.25, -0.2) is 4.79 Å². The van der Waals surface area contributed by atoms with E-state index in [1.165, 1.54) is 7.11 Å². The fraction of sp³-hybridized carbons (Fsp3) is 0.524. The first-order valence-electron chi connectivity index (χ1n) is 10.3. The topological polar surface area (TPSA) is 117 Å². The molecule has 1 saturated heterocycles. The van der Waals surface area contributed by atoms with Crippen LogP contribution in [0.4, 0.5) is 4.79 Å². The highest BCUT2D eigenvalue weighted by molar-refractivity contribution is 6.08. The number of imide groups is 1. The molecule has 1 saturated carbocycles. The van der Waals surface area contributed by atoms with Gasteiger partial charge in [0.15, 0.2) is 0 Å². The van der Waals surface area contributed by atoms with Crippen LogP contribution in [0.5, 0.6) is 5.75 Å². The molecule has 2 fully saturated rings. The van der Waals surface area contributed by atoms with E-state index in [-0.39, 0.29) is 19.7 Å². The van der Waals surface area contributed by atoms with Gasteiger partial charge in [0.25, 0.3) is 11.8 Å². The highest BCUT2D eigenvalue weighted by atomic mass is 16.5. The Hall–Kier alpha value is -3.14. The van der Waals surface area contributed by atoms with Gasteiger partial charge in [-0.15, -0.1) is 0 Å². The SMILES string of the molecule is CCOC(=O)CN(CC(=O)NN1C(=O)N[C@@](C)(c2ccc(OC)cc2)C1=O)CC1CC1. The number of benzene rings is 1. The zero-order chi connectivity index (χ0) is 22.6. The minimum Gasteiger partial charge on any atom is -0.497 e. The van der Waals surface area contributed by atoms with Crippen LogP contribution in [-0.4, -0.2) is 67.1 Å². The molecule has 2 aliphatic rings. The maximum absolute atomic E-state index is 13.0. The minimum atomic E-state index is -1.32. The molecule has 1 aromatic rings. The molecule has 3 rings (SSSR count). The van der Waals surface area contributed by atoms with Crippen molar-refractivity contribution >= 4 is 23.8 Å². The van der Waals surface area contributed by atoms with Crippen LogP contribution in [0.3, 0.4) is 0 Å². The third kappa shape index (κ3) is 5.32. The number of hydrogen-bond donors (Lipinski definition) is 2. The maximum atomic E-state index is 13.0. The number of carbonyl (C=O) groups is 4. The number of carbonyl (C=O) groups excluding carboxylic acids is 4. The van der Waals surface area contributed by atoms with Crippen LogP contribution < -0.4 is 15.5 Å². The first kappa shape index (κ1) is 22.5. The van der Waals surface area contributed by atoms with Crippen molar-refractivity contribution in [1.82, 2.24) is 20.7 Å². The molecular weight excluding hydrogens is 404 g/mol. The summed E-state index contributed by atoms with van der Waals surface area (Å²) in [4.78, 5) is 51.5. The van der Waals surface area contributed by atoms with Crippen LogP contribution in [0.2, 0.25) is 0 Å². The van der Waals surface area contributed by atoms with Crippen LogP contribution in [0.1, 0.15) is 32.3 Å². The van der Waals surface area contributed by atoms with Gasteiger partial charge in [0.05, 0.1) is 26.8 Å². The van der Waals surface area contributed by atoms with E-state index in [4.69, 9.17) is 9.47 Å². The molecule has 0 aromatic heterocycles. The Bertz CT molecular complexity index is 854. The lowest BCUT2D eigenvalue weighted by Crippen LogP contribution is -2.51. The van der Waals surface area contributed by atoms with Gasteiger partial charge in [0, 0.05) is 6.54 Å². The quantitative estimate of drug-likeness (QED) is 0.414. The van der Waals surface area contributed by atoms with E-state index >= 15 is 0 Å². The van der Waals surface area contributed by atoms with Crippen molar-refractivity contribution in [3.63, 3.8) is 0 Å². The van der Waals surface area contributed by atoms with Gasteiger partial charge in [0.1, 0.15) is 11.3 Å². The number of ether oxygens (including phenoxy) is 2. The number of esters is 1. The fourth-order valence-corrected chi connectivity index (χ4v) is 3.46. The summed E-state index contributed by atoms with van der Waals surface area (Å²) in [6.45, 7) is 3.96. The third-order valence-electron chi connectivity index (χ3n) is 5.33. The molecule has 10 nitrogen and oxygen atoms in total. The lowest BCUT2D eigenvalue weighted by molar-refractivity contribution is -0.145. The van der Waals surface area contributed by atoms with Crippen LogP contribution in [0.25, 0.3) is 0 Å². The summed E-state index contributed by atoms with van der Waals surface area (Å²) < 4.78 is 10.1. The number of rotatable bonds is 10. The minimum absolute atomic E-state index is 0.0263. The zero-order valence-corrected chi connectivity index (χ0v) is 18.0. The third-order valence-corrected chi connectivity index (χ3v) is 5.33. The average Bonchev–Trinajstić information content (AvgIpc) is 3.51. The maximum Gasteiger partial charge on any atom is 0.344 e. The van der Waals surface area contributed by atoms with Crippen molar-refractivity contribution in [3.8, 4) is 5.75 Å². The van der Waals surface area contributed by atoms with Crippen molar-refractivity contribution in [2.45, 2.75) is 32.2 Å². The number of hydrazine groups is 1. The standard InChI is InChI=1S/C21H28N4O6/c1-4-31-18(27)13-24(11-14-5-6-14)12-17(26)23-25-19(28)21(2,22-20(25)29)15-7-9-16(30-3)10-8-15/h7-10,14H,4-6,11-13H2,1-3H3,(H,22,29)(H,23,26)/t21-/m0/s1. The Morgan fingerprint density at radius 1 is 1.23 bits per heavy atom. The van der Waals surface area contributed by atoms with Crippen LogP contribution in [-0.2, 0) is 24.7 Å². The summed E-state index contributed by atoms with van der Waals surface area (Å²) in [5.74, 6) is -0.524. The summed E-state index contributed by atoms with van der Waals surface area (Å²) in [5.41, 5.74) is 1.60. The second kappa shape index (κ2) is 9.34. The Morgan fingerprint density at radius 3 is 2.48 bits per heavy atom. The lowest BCUT2D eigenvalue weighted by Gasteiger charge is -2.24. The van der Waals surface area contributed by atoms with Crippen LogP contribution in [0.15, 0.2) is 24.3 Å². The summed E-state index contributed by atoms with van der Waals surface area (Å²) >= 11 is 0. The lowest BCUT2D eigenvalue weighted by atomic mass is 9.92. The van der Waals surface area contributed by atoms with E-state index in [0.717, 1.165) is 12.8 Å². The van der Waals surface area contributed by atoms with E-state index in [2.05, 4.69) is 10.7 Å². The highest BCUT2D eigenvalue weighted by Gasteiger charge is 2.50. The second-order valence-corrected chi connectivity index (χ2v) is 7.88. The molecule has 1 aliphatic heterocycles. The molecule has 0 radical (unpaired) electrons.